The van der Waals surface area contributed by atoms with E-state index in [0.29, 0.717) is 18.2 Å². The van der Waals surface area contributed by atoms with Crippen LogP contribution < -0.4 is 5.73 Å². The molecular weight excluding hydrogens is 174 g/mol. The van der Waals surface area contributed by atoms with E-state index in [0.717, 1.165) is 12.8 Å². The normalized spacial score (nSPS) is 28.5. The fourth-order valence-corrected chi connectivity index (χ4v) is 1.97. The Bertz CT molecular complexity index is 143. The van der Waals surface area contributed by atoms with Crippen LogP contribution in [0.4, 0.5) is 0 Å². The fourth-order valence-electron chi connectivity index (χ4n) is 1.97. The standard InChI is InChI=1S/C12H25NO/c1-3-4-5-6-7-10(2)14-12-8-11(13)9-12/h10-12H,3-9,13H2,1-2H3. The van der Waals surface area contributed by atoms with Crippen LogP contribution in [-0.4, -0.2) is 18.2 Å². The van der Waals surface area contributed by atoms with Gasteiger partial charge in [-0.25, -0.2) is 0 Å². The van der Waals surface area contributed by atoms with Crippen LogP contribution in [-0.2, 0) is 4.74 Å². The maximum atomic E-state index is 5.86. The highest BCUT2D eigenvalue weighted by Crippen LogP contribution is 2.23. The molecule has 2 nitrogen and oxygen atoms in total. The molecule has 2 heteroatoms. The zero-order chi connectivity index (χ0) is 10.4. The van der Waals surface area contributed by atoms with Crippen molar-refractivity contribution in [2.45, 2.75) is 77.0 Å². The summed E-state index contributed by atoms with van der Waals surface area (Å²) in [5.74, 6) is 0. The van der Waals surface area contributed by atoms with Crippen molar-refractivity contribution in [1.82, 2.24) is 0 Å². The molecule has 14 heavy (non-hydrogen) atoms. The van der Waals surface area contributed by atoms with Crippen LogP contribution in [0.5, 0.6) is 0 Å². The molecule has 1 aliphatic carbocycles. The number of nitrogens with two attached hydrogens (primary N) is 1. The third-order valence-corrected chi connectivity index (χ3v) is 3.02. The van der Waals surface area contributed by atoms with Gasteiger partial charge in [0.1, 0.15) is 0 Å². The summed E-state index contributed by atoms with van der Waals surface area (Å²) in [5.41, 5.74) is 5.70. The van der Waals surface area contributed by atoms with Gasteiger partial charge >= 0.3 is 0 Å². The zero-order valence-corrected chi connectivity index (χ0v) is 9.67. The molecule has 1 rings (SSSR count). The molecule has 0 heterocycles. The first-order valence-corrected chi connectivity index (χ1v) is 6.13. The van der Waals surface area contributed by atoms with Gasteiger partial charge in [-0.2, -0.15) is 0 Å². The monoisotopic (exact) mass is 199 g/mol. The Balaban J connectivity index is 1.91. The Labute approximate surface area is 88.2 Å². The summed E-state index contributed by atoms with van der Waals surface area (Å²) in [6.07, 6.45) is 9.59. The van der Waals surface area contributed by atoms with E-state index in [4.69, 9.17) is 10.5 Å². The van der Waals surface area contributed by atoms with Crippen molar-refractivity contribution in [2.75, 3.05) is 0 Å². The lowest BCUT2D eigenvalue weighted by atomic mass is 9.90. The molecule has 0 bridgehead atoms. The van der Waals surface area contributed by atoms with E-state index in [9.17, 15) is 0 Å². The van der Waals surface area contributed by atoms with Crippen LogP contribution in [0.3, 0.4) is 0 Å². The molecule has 0 spiro atoms. The second-order valence-corrected chi connectivity index (χ2v) is 4.65. The number of unbranched alkanes of at least 4 members (excludes halogenated alkanes) is 3. The topological polar surface area (TPSA) is 35.2 Å². The molecule has 1 fully saturated rings. The van der Waals surface area contributed by atoms with E-state index in [1.54, 1.807) is 0 Å². The SMILES string of the molecule is CCCCCCC(C)OC1CC(N)C1. The Morgan fingerprint density at radius 3 is 2.57 bits per heavy atom. The lowest BCUT2D eigenvalue weighted by Crippen LogP contribution is -2.43. The van der Waals surface area contributed by atoms with Gasteiger partial charge in [0, 0.05) is 6.04 Å². The van der Waals surface area contributed by atoms with Crippen LogP contribution in [0.15, 0.2) is 0 Å². The number of hydrogen-bond acceptors (Lipinski definition) is 2. The van der Waals surface area contributed by atoms with Gasteiger partial charge in [0.25, 0.3) is 0 Å². The van der Waals surface area contributed by atoms with Crippen LogP contribution in [0.2, 0.25) is 0 Å². The van der Waals surface area contributed by atoms with Gasteiger partial charge in [-0.1, -0.05) is 32.6 Å². The Morgan fingerprint density at radius 2 is 2.00 bits per heavy atom. The molecule has 0 amide bonds. The summed E-state index contributed by atoms with van der Waals surface area (Å²) in [5, 5.41) is 0. The van der Waals surface area contributed by atoms with Crippen molar-refractivity contribution in [3.63, 3.8) is 0 Å². The second kappa shape index (κ2) is 6.41. The van der Waals surface area contributed by atoms with E-state index in [1.165, 1.54) is 32.1 Å². The zero-order valence-electron chi connectivity index (χ0n) is 9.67. The fraction of sp³-hybridized carbons (Fsp3) is 1.00. The van der Waals surface area contributed by atoms with Gasteiger partial charge in [-0.3, -0.25) is 0 Å². The van der Waals surface area contributed by atoms with Crippen LogP contribution >= 0.6 is 0 Å². The van der Waals surface area contributed by atoms with Crippen LogP contribution in [0.25, 0.3) is 0 Å². The average Bonchev–Trinajstić information content (AvgIpc) is 2.10. The molecule has 0 aliphatic heterocycles. The first-order valence-electron chi connectivity index (χ1n) is 6.13. The maximum absolute atomic E-state index is 5.86. The van der Waals surface area contributed by atoms with Crippen molar-refractivity contribution in [3.05, 3.63) is 0 Å². The molecule has 0 aromatic heterocycles. The van der Waals surface area contributed by atoms with Gasteiger partial charge < -0.3 is 10.5 Å². The molecule has 0 aromatic carbocycles. The highest BCUT2D eigenvalue weighted by atomic mass is 16.5. The number of ether oxygens (including phenoxy) is 1. The molecule has 0 aromatic rings. The lowest BCUT2D eigenvalue weighted by molar-refractivity contribution is -0.0545. The van der Waals surface area contributed by atoms with Gasteiger partial charge in [0.15, 0.2) is 0 Å². The third-order valence-electron chi connectivity index (χ3n) is 3.02. The van der Waals surface area contributed by atoms with Gasteiger partial charge in [-0.05, 0) is 26.2 Å². The average molecular weight is 199 g/mol. The molecule has 2 N–H and O–H groups in total. The van der Waals surface area contributed by atoms with E-state index in [2.05, 4.69) is 13.8 Å². The third kappa shape index (κ3) is 4.43. The highest BCUT2D eigenvalue weighted by molar-refractivity contribution is 4.83. The summed E-state index contributed by atoms with van der Waals surface area (Å²) < 4.78 is 5.86. The van der Waals surface area contributed by atoms with E-state index >= 15 is 0 Å². The van der Waals surface area contributed by atoms with Crippen molar-refractivity contribution < 1.29 is 4.74 Å². The minimum atomic E-state index is 0.410. The van der Waals surface area contributed by atoms with E-state index in [1.807, 2.05) is 0 Å². The Hall–Kier alpha value is -0.0800. The Kier molecular flexibility index (Phi) is 5.49. The van der Waals surface area contributed by atoms with Crippen molar-refractivity contribution in [2.24, 2.45) is 5.73 Å². The number of rotatable bonds is 7. The molecule has 1 unspecified atom stereocenters. The quantitative estimate of drug-likeness (QED) is 0.640. The van der Waals surface area contributed by atoms with E-state index < -0.39 is 0 Å². The lowest BCUT2D eigenvalue weighted by Gasteiger charge is -2.34. The predicted octanol–water partition coefficient (Wildman–Crippen LogP) is 2.85. The summed E-state index contributed by atoms with van der Waals surface area (Å²) in [7, 11) is 0. The first kappa shape index (κ1) is 12.0. The van der Waals surface area contributed by atoms with Gasteiger partial charge in [0.05, 0.1) is 12.2 Å². The summed E-state index contributed by atoms with van der Waals surface area (Å²) >= 11 is 0. The minimum Gasteiger partial charge on any atom is -0.375 e. The summed E-state index contributed by atoms with van der Waals surface area (Å²) in [6, 6.07) is 0.410. The maximum Gasteiger partial charge on any atom is 0.0608 e. The van der Waals surface area contributed by atoms with Gasteiger partial charge in [-0.15, -0.1) is 0 Å². The second-order valence-electron chi connectivity index (χ2n) is 4.65. The van der Waals surface area contributed by atoms with Gasteiger partial charge in [0.2, 0.25) is 0 Å². The molecule has 0 saturated heterocycles. The molecule has 1 atom stereocenters. The van der Waals surface area contributed by atoms with Crippen LogP contribution in [0.1, 0.15) is 58.8 Å². The van der Waals surface area contributed by atoms with Crippen LogP contribution in [0, 0.1) is 0 Å². The largest absolute Gasteiger partial charge is 0.375 e. The molecular formula is C12H25NO. The van der Waals surface area contributed by atoms with Crippen molar-refractivity contribution in [3.8, 4) is 0 Å². The molecule has 1 saturated carbocycles. The molecule has 84 valence electrons. The Morgan fingerprint density at radius 1 is 1.29 bits per heavy atom. The molecule has 0 radical (unpaired) electrons. The highest BCUT2D eigenvalue weighted by Gasteiger charge is 2.27. The minimum absolute atomic E-state index is 0.410. The van der Waals surface area contributed by atoms with Crippen molar-refractivity contribution in [1.29, 1.82) is 0 Å². The summed E-state index contributed by atoms with van der Waals surface area (Å²) in [6.45, 7) is 4.44. The smallest absolute Gasteiger partial charge is 0.0608 e. The van der Waals surface area contributed by atoms with Crippen molar-refractivity contribution >= 4 is 0 Å². The van der Waals surface area contributed by atoms with E-state index in [-0.39, 0.29) is 0 Å². The predicted molar refractivity (Wildman–Crippen MR) is 60.3 cm³/mol. The molecule has 1 aliphatic rings. The number of hydrogen-bond donors (Lipinski definition) is 1. The first-order chi connectivity index (χ1) is 6.72. The summed E-state index contributed by atoms with van der Waals surface area (Å²) in [4.78, 5) is 0.